The number of amides is 1. The van der Waals surface area contributed by atoms with Crippen molar-refractivity contribution < 1.29 is 14.7 Å². The maximum absolute atomic E-state index is 11.6. The SMILES string of the molecule is C[C@H](NC(=O)CC1(N)CCCCC1)C(=O)O. The molecular weight excluding hydrogens is 208 g/mol. The van der Waals surface area contributed by atoms with Gasteiger partial charge in [0, 0.05) is 12.0 Å². The van der Waals surface area contributed by atoms with Crippen LogP contribution in [0.1, 0.15) is 45.4 Å². The van der Waals surface area contributed by atoms with Crippen LogP contribution in [-0.2, 0) is 9.59 Å². The molecule has 0 aromatic carbocycles. The second-order valence-electron chi connectivity index (χ2n) is 4.73. The summed E-state index contributed by atoms with van der Waals surface area (Å²) < 4.78 is 0. The van der Waals surface area contributed by atoms with Crippen LogP contribution in [0.5, 0.6) is 0 Å². The van der Waals surface area contributed by atoms with Gasteiger partial charge < -0.3 is 16.2 Å². The lowest BCUT2D eigenvalue weighted by Gasteiger charge is -2.32. The Balaban J connectivity index is 2.41. The molecule has 1 fully saturated rings. The summed E-state index contributed by atoms with van der Waals surface area (Å²) >= 11 is 0. The first-order chi connectivity index (χ1) is 7.43. The van der Waals surface area contributed by atoms with Gasteiger partial charge in [-0.2, -0.15) is 0 Å². The van der Waals surface area contributed by atoms with Crippen molar-refractivity contribution in [2.45, 2.75) is 57.0 Å². The lowest BCUT2D eigenvalue weighted by molar-refractivity contribution is -0.141. The van der Waals surface area contributed by atoms with Crippen LogP contribution in [0, 0.1) is 0 Å². The van der Waals surface area contributed by atoms with Crippen LogP contribution in [0.3, 0.4) is 0 Å². The number of carbonyl (C=O) groups excluding carboxylic acids is 1. The van der Waals surface area contributed by atoms with Crippen molar-refractivity contribution in [3.63, 3.8) is 0 Å². The van der Waals surface area contributed by atoms with Gasteiger partial charge in [0.25, 0.3) is 0 Å². The van der Waals surface area contributed by atoms with Gasteiger partial charge in [-0.1, -0.05) is 19.3 Å². The summed E-state index contributed by atoms with van der Waals surface area (Å²) in [5, 5.41) is 11.1. The summed E-state index contributed by atoms with van der Waals surface area (Å²) in [5.74, 6) is -1.29. The Morgan fingerprint density at radius 1 is 1.38 bits per heavy atom. The Morgan fingerprint density at radius 2 is 1.94 bits per heavy atom. The number of hydrogen-bond donors (Lipinski definition) is 3. The van der Waals surface area contributed by atoms with E-state index in [0.717, 1.165) is 25.7 Å². The molecule has 0 heterocycles. The fraction of sp³-hybridized carbons (Fsp3) is 0.818. The second kappa shape index (κ2) is 5.30. The Bertz CT molecular complexity index is 272. The third-order valence-electron chi connectivity index (χ3n) is 3.11. The van der Waals surface area contributed by atoms with Gasteiger partial charge in [-0.25, -0.2) is 0 Å². The van der Waals surface area contributed by atoms with Crippen molar-refractivity contribution in [1.82, 2.24) is 5.32 Å². The van der Waals surface area contributed by atoms with Gasteiger partial charge in [-0.05, 0) is 19.8 Å². The van der Waals surface area contributed by atoms with E-state index in [0.29, 0.717) is 0 Å². The fourth-order valence-electron chi connectivity index (χ4n) is 2.11. The number of nitrogens with one attached hydrogen (secondary N) is 1. The first kappa shape index (κ1) is 13.0. The van der Waals surface area contributed by atoms with Crippen LogP contribution < -0.4 is 11.1 Å². The molecule has 0 radical (unpaired) electrons. The van der Waals surface area contributed by atoms with E-state index in [4.69, 9.17) is 10.8 Å². The molecule has 16 heavy (non-hydrogen) atoms. The summed E-state index contributed by atoms with van der Waals surface area (Å²) in [5.41, 5.74) is 5.67. The lowest BCUT2D eigenvalue weighted by atomic mass is 9.80. The summed E-state index contributed by atoms with van der Waals surface area (Å²) in [4.78, 5) is 22.1. The highest BCUT2D eigenvalue weighted by Gasteiger charge is 2.30. The van der Waals surface area contributed by atoms with Crippen LogP contribution in [0.4, 0.5) is 0 Å². The van der Waals surface area contributed by atoms with Gasteiger partial charge in [0.2, 0.25) is 5.91 Å². The predicted octanol–water partition coefficient (Wildman–Crippen LogP) is 0.627. The molecule has 0 saturated heterocycles. The first-order valence-corrected chi connectivity index (χ1v) is 5.74. The van der Waals surface area contributed by atoms with E-state index in [1.165, 1.54) is 13.3 Å². The molecule has 0 unspecified atom stereocenters. The lowest BCUT2D eigenvalue weighted by Crippen LogP contribution is -2.48. The number of hydrogen-bond acceptors (Lipinski definition) is 3. The average Bonchev–Trinajstić information content (AvgIpc) is 2.17. The van der Waals surface area contributed by atoms with E-state index >= 15 is 0 Å². The minimum atomic E-state index is -1.02. The standard InChI is InChI=1S/C11H20N2O3/c1-8(10(15)16)13-9(14)7-11(12)5-3-2-4-6-11/h8H,2-7,12H2,1H3,(H,13,14)(H,15,16)/t8-/m0/s1. The number of nitrogens with two attached hydrogens (primary N) is 1. The molecule has 1 aliphatic carbocycles. The highest BCUT2D eigenvalue weighted by molar-refractivity contribution is 5.83. The largest absolute Gasteiger partial charge is 0.480 e. The summed E-state index contributed by atoms with van der Waals surface area (Å²) in [6, 6.07) is -0.848. The smallest absolute Gasteiger partial charge is 0.325 e. The zero-order chi connectivity index (χ0) is 12.2. The molecule has 1 aliphatic rings. The van der Waals surface area contributed by atoms with Gasteiger partial charge in [0.15, 0.2) is 0 Å². The Morgan fingerprint density at radius 3 is 2.44 bits per heavy atom. The Hall–Kier alpha value is -1.10. The van der Waals surface area contributed by atoms with E-state index < -0.39 is 17.6 Å². The summed E-state index contributed by atoms with van der Waals surface area (Å²) in [6.45, 7) is 1.45. The van der Waals surface area contributed by atoms with Crippen LogP contribution in [0.2, 0.25) is 0 Å². The molecule has 1 saturated carbocycles. The van der Waals surface area contributed by atoms with Crippen LogP contribution >= 0.6 is 0 Å². The number of carboxylic acid groups (broad SMARTS) is 1. The van der Waals surface area contributed by atoms with Crippen molar-refractivity contribution in [3.8, 4) is 0 Å². The molecule has 1 rings (SSSR count). The molecule has 0 spiro atoms. The molecule has 5 nitrogen and oxygen atoms in total. The zero-order valence-electron chi connectivity index (χ0n) is 9.66. The molecule has 4 N–H and O–H groups in total. The van der Waals surface area contributed by atoms with E-state index in [2.05, 4.69) is 5.32 Å². The Kier molecular flexibility index (Phi) is 4.29. The number of rotatable bonds is 4. The van der Waals surface area contributed by atoms with Gasteiger partial charge >= 0.3 is 5.97 Å². The van der Waals surface area contributed by atoms with Gasteiger partial charge in [-0.3, -0.25) is 9.59 Å². The molecule has 1 atom stereocenters. The number of carboxylic acids is 1. The molecular formula is C11H20N2O3. The van der Waals surface area contributed by atoms with Crippen LogP contribution in [0.25, 0.3) is 0 Å². The van der Waals surface area contributed by atoms with E-state index in [9.17, 15) is 9.59 Å². The van der Waals surface area contributed by atoms with E-state index in [1.807, 2.05) is 0 Å². The monoisotopic (exact) mass is 228 g/mol. The minimum Gasteiger partial charge on any atom is -0.480 e. The molecule has 0 bridgehead atoms. The van der Waals surface area contributed by atoms with Gasteiger partial charge in [-0.15, -0.1) is 0 Å². The zero-order valence-corrected chi connectivity index (χ0v) is 9.66. The maximum Gasteiger partial charge on any atom is 0.325 e. The molecule has 5 heteroatoms. The van der Waals surface area contributed by atoms with E-state index in [-0.39, 0.29) is 12.3 Å². The number of aliphatic carboxylic acids is 1. The van der Waals surface area contributed by atoms with E-state index in [1.54, 1.807) is 0 Å². The van der Waals surface area contributed by atoms with Gasteiger partial charge in [0.1, 0.15) is 6.04 Å². The average molecular weight is 228 g/mol. The fourth-order valence-corrected chi connectivity index (χ4v) is 2.11. The first-order valence-electron chi connectivity index (χ1n) is 5.74. The Labute approximate surface area is 95.4 Å². The van der Waals surface area contributed by atoms with Crippen LogP contribution in [-0.4, -0.2) is 28.6 Å². The third kappa shape index (κ3) is 3.81. The van der Waals surface area contributed by atoms with Crippen molar-refractivity contribution in [3.05, 3.63) is 0 Å². The summed E-state index contributed by atoms with van der Waals surface area (Å²) in [6.07, 6.45) is 5.21. The van der Waals surface area contributed by atoms with Crippen molar-refractivity contribution in [1.29, 1.82) is 0 Å². The third-order valence-corrected chi connectivity index (χ3v) is 3.11. The van der Waals surface area contributed by atoms with Crippen molar-refractivity contribution in [2.24, 2.45) is 5.73 Å². The van der Waals surface area contributed by atoms with Crippen molar-refractivity contribution in [2.75, 3.05) is 0 Å². The molecule has 0 aromatic heterocycles. The normalized spacial score (nSPS) is 21.1. The van der Waals surface area contributed by atoms with Crippen molar-refractivity contribution >= 4 is 11.9 Å². The molecule has 92 valence electrons. The maximum atomic E-state index is 11.6. The molecule has 0 aliphatic heterocycles. The molecule has 0 aromatic rings. The topological polar surface area (TPSA) is 92.4 Å². The quantitative estimate of drug-likeness (QED) is 0.658. The van der Waals surface area contributed by atoms with Crippen LogP contribution in [0.15, 0.2) is 0 Å². The molecule has 1 amide bonds. The summed E-state index contributed by atoms with van der Waals surface area (Å²) in [7, 11) is 0. The minimum absolute atomic E-state index is 0.227. The predicted molar refractivity (Wildman–Crippen MR) is 59.9 cm³/mol. The second-order valence-corrected chi connectivity index (χ2v) is 4.73. The number of carbonyl (C=O) groups is 2. The highest BCUT2D eigenvalue weighted by Crippen LogP contribution is 2.28. The highest BCUT2D eigenvalue weighted by atomic mass is 16.4. The van der Waals surface area contributed by atoms with Gasteiger partial charge in [0.05, 0.1) is 0 Å².